The molecule has 278 valence electrons. The molecule has 0 saturated heterocycles. The lowest BCUT2D eigenvalue weighted by Crippen LogP contribution is -2.31. The molecule has 55 heavy (non-hydrogen) atoms. The monoisotopic (exact) mass is 724 g/mol. The third-order valence-corrected chi connectivity index (χ3v) is 10.6. The Bertz CT molecular complexity index is 2540. The first-order valence-corrected chi connectivity index (χ1v) is 19.4. The lowest BCUT2D eigenvalue weighted by Gasteiger charge is -2.34. The third-order valence-electron chi connectivity index (χ3n) is 10.6. The standard InChI is InChI=1S/C50H52N4O/c1-48(2,3)36-28-29-51-45(30-36)54-43-21-14-13-20-41(43)42-27-26-40(32-44(42)54)55-39-19-15-18-38(31-39)53-33-52(46(49(4,5)6)47(53)50(7,8)9)37-24-22-35(23-25-37)34-16-11-10-12-17-34/h10-32H,33H2,1-9H3. The lowest BCUT2D eigenvalue weighted by molar-refractivity contribution is 0.444. The van der Waals surface area contributed by atoms with Crippen LogP contribution in [0.15, 0.2) is 151 Å². The maximum atomic E-state index is 6.74. The molecule has 7 aromatic rings. The predicted octanol–water partition coefficient (Wildman–Crippen LogP) is 13.5. The quantitative estimate of drug-likeness (QED) is 0.171. The molecule has 1 aliphatic heterocycles. The minimum atomic E-state index is -0.116. The Kier molecular flexibility index (Phi) is 8.87. The Hall–Kier alpha value is -5.81. The van der Waals surface area contributed by atoms with Crippen LogP contribution in [0, 0.1) is 10.8 Å². The van der Waals surface area contributed by atoms with Gasteiger partial charge in [-0.15, -0.1) is 0 Å². The Labute approximate surface area is 326 Å². The van der Waals surface area contributed by atoms with Crippen LogP contribution in [-0.4, -0.2) is 16.2 Å². The van der Waals surface area contributed by atoms with Crippen LogP contribution >= 0.6 is 0 Å². The van der Waals surface area contributed by atoms with Gasteiger partial charge < -0.3 is 14.5 Å². The van der Waals surface area contributed by atoms with Crippen molar-refractivity contribution in [3.05, 3.63) is 157 Å². The third kappa shape index (κ3) is 6.89. The van der Waals surface area contributed by atoms with Crippen molar-refractivity contribution in [3.8, 4) is 28.4 Å². The molecule has 0 spiro atoms. The van der Waals surface area contributed by atoms with Gasteiger partial charge in [0.15, 0.2) is 0 Å². The number of para-hydroxylation sites is 1. The molecule has 5 heteroatoms. The van der Waals surface area contributed by atoms with Crippen LogP contribution in [-0.2, 0) is 5.41 Å². The summed E-state index contributed by atoms with van der Waals surface area (Å²) in [4.78, 5) is 9.85. The fraction of sp³-hybridized carbons (Fsp3) is 0.260. The summed E-state index contributed by atoms with van der Waals surface area (Å²) in [6.45, 7) is 21.4. The molecule has 0 atom stereocenters. The van der Waals surface area contributed by atoms with Gasteiger partial charge in [-0.05, 0) is 76.7 Å². The molecule has 1 aliphatic rings. The van der Waals surface area contributed by atoms with Crippen molar-refractivity contribution >= 4 is 33.2 Å². The van der Waals surface area contributed by atoms with Crippen molar-refractivity contribution in [1.29, 1.82) is 0 Å². The van der Waals surface area contributed by atoms with Crippen molar-refractivity contribution in [2.24, 2.45) is 10.8 Å². The highest BCUT2D eigenvalue weighted by atomic mass is 16.5. The summed E-state index contributed by atoms with van der Waals surface area (Å²) in [7, 11) is 0. The second-order valence-corrected chi connectivity index (χ2v) is 17.9. The van der Waals surface area contributed by atoms with Crippen molar-refractivity contribution in [2.45, 2.75) is 67.7 Å². The molecule has 0 N–H and O–H groups in total. The van der Waals surface area contributed by atoms with Gasteiger partial charge in [0.25, 0.3) is 0 Å². The first kappa shape index (κ1) is 36.2. The number of fused-ring (bicyclic) bond motifs is 3. The van der Waals surface area contributed by atoms with E-state index in [2.05, 4.69) is 210 Å². The van der Waals surface area contributed by atoms with Gasteiger partial charge in [-0.1, -0.05) is 129 Å². The molecule has 5 aromatic carbocycles. The largest absolute Gasteiger partial charge is 0.457 e. The molecule has 0 radical (unpaired) electrons. The average Bonchev–Trinajstić information content (AvgIpc) is 3.73. The fourth-order valence-electron chi connectivity index (χ4n) is 8.06. The molecule has 0 aliphatic carbocycles. The van der Waals surface area contributed by atoms with Gasteiger partial charge in [0, 0.05) is 62.7 Å². The Morgan fingerprint density at radius 3 is 1.80 bits per heavy atom. The van der Waals surface area contributed by atoms with E-state index in [0.29, 0.717) is 6.67 Å². The second-order valence-electron chi connectivity index (χ2n) is 17.9. The maximum Gasteiger partial charge on any atom is 0.137 e. The molecule has 0 amide bonds. The van der Waals surface area contributed by atoms with E-state index in [1.165, 1.54) is 44.5 Å². The summed E-state index contributed by atoms with van der Waals surface area (Å²) in [6.07, 6.45) is 1.92. The molecule has 5 nitrogen and oxygen atoms in total. The Morgan fingerprint density at radius 2 is 1.11 bits per heavy atom. The van der Waals surface area contributed by atoms with Crippen LogP contribution in [0.1, 0.15) is 67.9 Å². The summed E-state index contributed by atoms with van der Waals surface area (Å²) >= 11 is 0. The van der Waals surface area contributed by atoms with E-state index in [4.69, 9.17) is 9.72 Å². The minimum absolute atomic E-state index is 0.00476. The van der Waals surface area contributed by atoms with E-state index >= 15 is 0 Å². The average molecular weight is 725 g/mol. The maximum absolute atomic E-state index is 6.74. The first-order chi connectivity index (χ1) is 26.2. The summed E-state index contributed by atoms with van der Waals surface area (Å²) in [6, 6.07) is 47.5. The topological polar surface area (TPSA) is 33.5 Å². The van der Waals surface area contributed by atoms with Gasteiger partial charge in [0.2, 0.25) is 0 Å². The van der Waals surface area contributed by atoms with Crippen molar-refractivity contribution in [2.75, 3.05) is 16.5 Å². The van der Waals surface area contributed by atoms with E-state index in [-0.39, 0.29) is 16.2 Å². The molecule has 2 aromatic heterocycles. The van der Waals surface area contributed by atoms with Crippen molar-refractivity contribution in [1.82, 2.24) is 9.55 Å². The van der Waals surface area contributed by atoms with Gasteiger partial charge in [-0.3, -0.25) is 4.57 Å². The molecule has 0 fully saturated rings. The Morgan fingerprint density at radius 1 is 0.491 bits per heavy atom. The zero-order chi connectivity index (χ0) is 38.7. The van der Waals surface area contributed by atoms with E-state index in [1.807, 2.05) is 6.20 Å². The second kappa shape index (κ2) is 13.5. The molecule has 0 bridgehead atoms. The molecule has 0 unspecified atom stereocenters. The van der Waals surface area contributed by atoms with Crippen LogP contribution in [0.25, 0.3) is 38.8 Å². The van der Waals surface area contributed by atoms with Gasteiger partial charge >= 0.3 is 0 Å². The van der Waals surface area contributed by atoms with E-state index in [9.17, 15) is 0 Å². The predicted molar refractivity (Wildman–Crippen MR) is 231 cm³/mol. The van der Waals surface area contributed by atoms with Gasteiger partial charge in [-0.2, -0.15) is 0 Å². The van der Waals surface area contributed by atoms with E-state index < -0.39 is 0 Å². The number of allylic oxidation sites excluding steroid dienone is 2. The number of benzene rings is 5. The number of hydrogen-bond acceptors (Lipinski definition) is 4. The van der Waals surface area contributed by atoms with Crippen LogP contribution in [0.4, 0.5) is 11.4 Å². The van der Waals surface area contributed by atoms with Gasteiger partial charge in [0.05, 0.1) is 17.7 Å². The normalized spacial score (nSPS) is 14.1. The highest BCUT2D eigenvalue weighted by Gasteiger charge is 2.41. The Balaban J connectivity index is 1.16. The number of nitrogens with zero attached hydrogens (tertiary/aromatic N) is 4. The van der Waals surface area contributed by atoms with Crippen molar-refractivity contribution in [3.63, 3.8) is 0 Å². The smallest absolute Gasteiger partial charge is 0.137 e. The van der Waals surface area contributed by atoms with Crippen LogP contribution in [0.3, 0.4) is 0 Å². The minimum Gasteiger partial charge on any atom is -0.457 e. The first-order valence-electron chi connectivity index (χ1n) is 19.4. The van der Waals surface area contributed by atoms with E-state index in [1.54, 1.807) is 0 Å². The molecule has 3 heterocycles. The summed E-state index contributed by atoms with van der Waals surface area (Å²) < 4.78 is 9.01. The number of anilines is 2. The lowest BCUT2D eigenvalue weighted by atomic mass is 9.82. The molecular formula is C50H52N4O. The molecule has 8 rings (SSSR count). The molecule has 0 saturated carbocycles. The summed E-state index contributed by atoms with van der Waals surface area (Å²) in [5.41, 5.74) is 10.6. The van der Waals surface area contributed by atoms with Gasteiger partial charge in [-0.25, -0.2) is 4.98 Å². The number of hydrogen-bond donors (Lipinski definition) is 0. The zero-order valence-corrected chi connectivity index (χ0v) is 33.7. The van der Waals surface area contributed by atoms with Crippen LogP contribution < -0.4 is 14.5 Å². The highest BCUT2D eigenvalue weighted by molar-refractivity contribution is 6.09. The summed E-state index contributed by atoms with van der Waals surface area (Å²) in [5, 5.41) is 2.36. The fourth-order valence-corrected chi connectivity index (χ4v) is 8.06. The van der Waals surface area contributed by atoms with Crippen LogP contribution in [0.2, 0.25) is 0 Å². The summed E-state index contributed by atoms with van der Waals surface area (Å²) in [5.74, 6) is 2.48. The number of pyridine rings is 1. The molecular weight excluding hydrogens is 673 g/mol. The number of rotatable bonds is 6. The highest BCUT2D eigenvalue weighted by Crippen LogP contribution is 2.48. The van der Waals surface area contributed by atoms with E-state index in [0.717, 1.165) is 34.0 Å². The number of ether oxygens (including phenoxy) is 1. The zero-order valence-electron chi connectivity index (χ0n) is 33.7. The van der Waals surface area contributed by atoms with Gasteiger partial charge in [0.1, 0.15) is 17.3 Å². The van der Waals surface area contributed by atoms with Crippen LogP contribution in [0.5, 0.6) is 11.5 Å². The van der Waals surface area contributed by atoms with Crippen molar-refractivity contribution < 1.29 is 4.74 Å². The SMILES string of the molecule is CC(C)(C)C1=C(C(C)(C)C)N(c2cccc(Oc3ccc4c5ccccc5n(-c5cc(C(C)(C)C)ccn5)c4c3)c2)CN1c1ccc(-c2ccccc2)cc1. The number of aromatic nitrogens is 2.